The number of aromatic nitrogens is 1. The van der Waals surface area contributed by atoms with Crippen molar-refractivity contribution in [2.75, 3.05) is 17.7 Å². The zero-order valence-corrected chi connectivity index (χ0v) is 19.5. The number of benzene rings is 2. The molecule has 0 spiro atoms. The number of hydrogen-bond donors (Lipinski definition) is 2. The Kier molecular flexibility index (Phi) is 6.86. The number of anilines is 2. The van der Waals surface area contributed by atoms with Crippen molar-refractivity contribution in [3.05, 3.63) is 82.1 Å². The van der Waals surface area contributed by atoms with Gasteiger partial charge in [-0.3, -0.25) is 14.6 Å². The first-order chi connectivity index (χ1) is 15.9. The number of methoxy groups -OCH3 is 1. The van der Waals surface area contributed by atoms with Gasteiger partial charge in [-0.2, -0.15) is 0 Å². The summed E-state index contributed by atoms with van der Waals surface area (Å²) in [6, 6.07) is 15.4. The maximum Gasteiger partial charge on any atom is 0.255 e. The van der Waals surface area contributed by atoms with Crippen LogP contribution in [0.2, 0.25) is 10.0 Å². The number of carbonyl (C=O) groups is 2. The topological polar surface area (TPSA) is 80.3 Å². The van der Waals surface area contributed by atoms with Crippen molar-refractivity contribution in [3.8, 4) is 5.75 Å². The Morgan fingerprint density at radius 1 is 0.970 bits per heavy atom. The second-order valence-corrected chi connectivity index (χ2v) is 8.86. The summed E-state index contributed by atoms with van der Waals surface area (Å²) in [4.78, 5) is 30.4. The van der Waals surface area contributed by atoms with Crippen molar-refractivity contribution < 1.29 is 14.3 Å². The van der Waals surface area contributed by atoms with Gasteiger partial charge in [0.25, 0.3) is 5.91 Å². The molecule has 1 aliphatic rings. The number of nitrogens with zero attached hydrogens (tertiary/aromatic N) is 1. The van der Waals surface area contributed by atoms with Crippen LogP contribution in [0.15, 0.2) is 60.8 Å². The molecule has 2 N–H and O–H groups in total. The van der Waals surface area contributed by atoms with Crippen LogP contribution in [0.4, 0.5) is 11.4 Å². The summed E-state index contributed by atoms with van der Waals surface area (Å²) in [6.07, 6.45) is 4.92. The van der Waals surface area contributed by atoms with Gasteiger partial charge in [-0.1, -0.05) is 42.1 Å². The van der Waals surface area contributed by atoms with Crippen molar-refractivity contribution in [2.24, 2.45) is 0 Å². The summed E-state index contributed by atoms with van der Waals surface area (Å²) < 4.78 is 5.46. The van der Waals surface area contributed by atoms with Gasteiger partial charge in [-0.25, -0.2) is 0 Å². The van der Waals surface area contributed by atoms with Crippen LogP contribution in [0, 0.1) is 0 Å². The van der Waals surface area contributed by atoms with E-state index in [1.807, 2.05) is 6.07 Å². The smallest absolute Gasteiger partial charge is 0.255 e. The molecule has 2 aromatic carbocycles. The molecule has 0 saturated heterocycles. The lowest BCUT2D eigenvalue weighted by molar-refractivity contribution is -0.121. The fraction of sp³-hybridized carbons (Fsp3) is 0.240. The monoisotopic (exact) mass is 483 g/mol. The standard InChI is InChI=1S/C25H23Cl2N3O3/c1-33-21-14-19(8-9-20(21)30-23(31)16-5-4-6-17(26)13-16)29-24(32)25(11-2-3-12-25)22-10-7-18(27)15-28-22/h4-10,13-15H,2-3,11-12H2,1H3,(H,29,32)(H,30,31). The molecule has 0 bridgehead atoms. The highest BCUT2D eigenvalue weighted by molar-refractivity contribution is 6.31. The molecule has 1 aromatic heterocycles. The zero-order valence-electron chi connectivity index (χ0n) is 18.0. The first-order valence-corrected chi connectivity index (χ1v) is 11.4. The Bertz CT molecular complexity index is 1180. The third-order valence-electron chi connectivity index (χ3n) is 5.90. The first kappa shape index (κ1) is 23.1. The number of amides is 2. The third-order valence-corrected chi connectivity index (χ3v) is 6.36. The molecule has 6 nitrogen and oxygen atoms in total. The molecule has 33 heavy (non-hydrogen) atoms. The van der Waals surface area contributed by atoms with E-state index in [1.165, 1.54) is 7.11 Å². The summed E-state index contributed by atoms with van der Waals surface area (Å²) in [7, 11) is 1.51. The van der Waals surface area contributed by atoms with Gasteiger partial charge in [-0.15, -0.1) is 0 Å². The normalized spacial score (nSPS) is 14.5. The first-order valence-electron chi connectivity index (χ1n) is 10.6. The largest absolute Gasteiger partial charge is 0.494 e. The number of hydrogen-bond acceptors (Lipinski definition) is 4. The molecule has 1 fully saturated rings. The summed E-state index contributed by atoms with van der Waals surface area (Å²) in [6.45, 7) is 0. The molecule has 0 aliphatic heterocycles. The highest BCUT2D eigenvalue weighted by Gasteiger charge is 2.44. The van der Waals surface area contributed by atoms with Crippen LogP contribution in [0.3, 0.4) is 0 Å². The van der Waals surface area contributed by atoms with Crippen LogP contribution >= 0.6 is 23.2 Å². The minimum Gasteiger partial charge on any atom is -0.494 e. The second kappa shape index (κ2) is 9.81. The highest BCUT2D eigenvalue weighted by atomic mass is 35.5. The quantitative estimate of drug-likeness (QED) is 0.443. The van der Waals surface area contributed by atoms with E-state index in [9.17, 15) is 9.59 Å². The average Bonchev–Trinajstić information content (AvgIpc) is 3.32. The maximum absolute atomic E-state index is 13.4. The van der Waals surface area contributed by atoms with E-state index in [0.29, 0.717) is 32.7 Å². The number of nitrogens with one attached hydrogen (secondary N) is 2. The van der Waals surface area contributed by atoms with Crippen molar-refractivity contribution in [3.63, 3.8) is 0 Å². The molecular formula is C25H23Cl2N3O3. The predicted octanol–water partition coefficient (Wildman–Crippen LogP) is 6.10. The number of ether oxygens (including phenoxy) is 1. The molecule has 3 aromatic rings. The third kappa shape index (κ3) is 4.97. The molecule has 0 radical (unpaired) electrons. The van der Waals surface area contributed by atoms with Crippen LogP contribution < -0.4 is 15.4 Å². The minimum absolute atomic E-state index is 0.118. The van der Waals surface area contributed by atoms with Crippen molar-refractivity contribution >= 4 is 46.4 Å². The van der Waals surface area contributed by atoms with E-state index < -0.39 is 5.41 Å². The van der Waals surface area contributed by atoms with Crippen LogP contribution in [-0.2, 0) is 10.2 Å². The van der Waals surface area contributed by atoms with Gasteiger partial charge in [0.2, 0.25) is 5.91 Å². The molecule has 1 saturated carbocycles. The molecular weight excluding hydrogens is 461 g/mol. The van der Waals surface area contributed by atoms with Gasteiger partial charge in [0.1, 0.15) is 5.75 Å². The van der Waals surface area contributed by atoms with Gasteiger partial charge in [0.15, 0.2) is 0 Å². The Hall–Kier alpha value is -3.09. The van der Waals surface area contributed by atoms with Crippen LogP contribution in [0.25, 0.3) is 0 Å². The lowest BCUT2D eigenvalue weighted by Gasteiger charge is -2.27. The Morgan fingerprint density at radius 2 is 1.76 bits per heavy atom. The van der Waals surface area contributed by atoms with Crippen LogP contribution in [-0.4, -0.2) is 23.9 Å². The predicted molar refractivity (Wildman–Crippen MR) is 130 cm³/mol. The van der Waals surface area contributed by atoms with Gasteiger partial charge in [-0.05, 0) is 55.3 Å². The minimum atomic E-state index is -0.697. The van der Waals surface area contributed by atoms with Gasteiger partial charge in [0, 0.05) is 28.5 Å². The molecule has 1 heterocycles. The average molecular weight is 484 g/mol. The molecule has 0 atom stereocenters. The van der Waals surface area contributed by atoms with Crippen molar-refractivity contribution in [1.82, 2.24) is 4.98 Å². The number of pyridine rings is 1. The van der Waals surface area contributed by atoms with Gasteiger partial charge >= 0.3 is 0 Å². The summed E-state index contributed by atoms with van der Waals surface area (Å²) in [5.74, 6) is -0.00726. The molecule has 0 unspecified atom stereocenters. The highest BCUT2D eigenvalue weighted by Crippen LogP contribution is 2.41. The summed E-state index contributed by atoms with van der Waals surface area (Å²) >= 11 is 12.0. The molecule has 170 valence electrons. The van der Waals surface area contributed by atoms with E-state index in [-0.39, 0.29) is 11.8 Å². The Balaban J connectivity index is 1.54. The van der Waals surface area contributed by atoms with E-state index in [1.54, 1.807) is 54.7 Å². The lowest BCUT2D eigenvalue weighted by Crippen LogP contribution is -2.38. The van der Waals surface area contributed by atoms with E-state index in [2.05, 4.69) is 15.6 Å². The Morgan fingerprint density at radius 3 is 2.42 bits per heavy atom. The fourth-order valence-corrected chi connectivity index (χ4v) is 4.49. The number of rotatable bonds is 6. The molecule has 1 aliphatic carbocycles. The second-order valence-electron chi connectivity index (χ2n) is 7.98. The lowest BCUT2D eigenvalue weighted by atomic mass is 9.81. The SMILES string of the molecule is COc1cc(NC(=O)C2(c3ccc(Cl)cn3)CCCC2)ccc1NC(=O)c1cccc(Cl)c1. The molecule has 4 rings (SSSR count). The summed E-state index contributed by atoms with van der Waals surface area (Å²) in [5, 5.41) is 6.84. The fourth-order valence-electron chi connectivity index (χ4n) is 4.18. The van der Waals surface area contributed by atoms with Crippen molar-refractivity contribution in [1.29, 1.82) is 0 Å². The molecule has 2 amide bonds. The molecule has 8 heteroatoms. The zero-order chi connectivity index (χ0) is 23.4. The van der Waals surface area contributed by atoms with Crippen LogP contribution in [0.1, 0.15) is 41.7 Å². The van der Waals surface area contributed by atoms with Gasteiger partial charge in [0.05, 0.1) is 28.9 Å². The Labute approximate surface area is 202 Å². The van der Waals surface area contributed by atoms with Crippen molar-refractivity contribution in [2.45, 2.75) is 31.1 Å². The van der Waals surface area contributed by atoms with Gasteiger partial charge < -0.3 is 15.4 Å². The number of halogens is 2. The maximum atomic E-state index is 13.4. The van der Waals surface area contributed by atoms with E-state index >= 15 is 0 Å². The van der Waals surface area contributed by atoms with E-state index in [0.717, 1.165) is 31.4 Å². The number of carbonyl (C=O) groups excluding carboxylic acids is 2. The summed E-state index contributed by atoms with van der Waals surface area (Å²) in [5.41, 5.74) is 1.50. The van der Waals surface area contributed by atoms with Crippen LogP contribution in [0.5, 0.6) is 5.75 Å². The van der Waals surface area contributed by atoms with E-state index in [4.69, 9.17) is 27.9 Å².